The molecule has 18 heavy (non-hydrogen) atoms. The summed E-state index contributed by atoms with van der Waals surface area (Å²) in [6.45, 7) is 4.66. The first-order valence-corrected chi connectivity index (χ1v) is 6.38. The summed E-state index contributed by atoms with van der Waals surface area (Å²) in [5.41, 5.74) is 7.10. The Labute approximate surface area is 107 Å². The number of aromatic nitrogens is 1. The molecule has 5 nitrogen and oxygen atoms in total. The minimum Gasteiger partial charge on any atom is -0.382 e. The largest absolute Gasteiger partial charge is 0.382 e. The van der Waals surface area contributed by atoms with Crippen molar-refractivity contribution < 1.29 is 4.74 Å². The monoisotopic (exact) mass is 248 g/mol. The van der Waals surface area contributed by atoms with Gasteiger partial charge in [0.25, 0.3) is 0 Å². The van der Waals surface area contributed by atoms with Crippen LogP contribution in [0.3, 0.4) is 0 Å². The van der Waals surface area contributed by atoms with E-state index in [2.05, 4.69) is 9.88 Å². The molecule has 1 saturated heterocycles. The predicted octanol–water partition coefficient (Wildman–Crippen LogP) is 1.37. The van der Waals surface area contributed by atoms with Gasteiger partial charge in [0.05, 0.1) is 11.8 Å². The number of hydrogen-bond acceptors (Lipinski definition) is 4. The topological polar surface area (TPSA) is 75.2 Å². The van der Waals surface area contributed by atoms with Crippen LogP contribution >= 0.6 is 0 Å². The van der Waals surface area contributed by atoms with Crippen molar-refractivity contribution >= 4 is 11.5 Å². The average molecular weight is 248 g/mol. The van der Waals surface area contributed by atoms with Crippen LogP contribution in [0.1, 0.15) is 25.5 Å². The van der Waals surface area contributed by atoms with Gasteiger partial charge in [0.15, 0.2) is 0 Å². The van der Waals surface area contributed by atoms with E-state index in [1.165, 1.54) is 0 Å². The molecule has 98 valence electrons. The molecule has 1 aliphatic heterocycles. The highest BCUT2D eigenvalue weighted by Gasteiger charge is 2.21. The lowest BCUT2D eigenvalue weighted by Crippen LogP contribution is -2.38. The number of nitrogens with one attached hydrogen (secondary N) is 1. The summed E-state index contributed by atoms with van der Waals surface area (Å²) in [4.78, 5) is 6.42. The summed E-state index contributed by atoms with van der Waals surface area (Å²) in [6, 6.07) is 3.86. The van der Waals surface area contributed by atoms with E-state index in [1.54, 1.807) is 6.20 Å². The van der Waals surface area contributed by atoms with Gasteiger partial charge >= 0.3 is 0 Å². The summed E-state index contributed by atoms with van der Waals surface area (Å²) >= 11 is 0. The SMILES string of the molecule is CCOC1CCN(c2cccnc2C(=N)N)CC1. The Morgan fingerprint density at radius 3 is 2.89 bits per heavy atom. The van der Waals surface area contributed by atoms with Crippen molar-refractivity contribution in [1.29, 1.82) is 5.41 Å². The lowest BCUT2D eigenvalue weighted by Gasteiger charge is -2.34. The van der Waals surface area contributed by atoms with Gasteiger partial charge in [-0.3, -0.25) is 10.4 Å². The molecule has 2 heterocycles. The van der Waals surface area contributed by atoms with E-state index in [4.69, 9.17) is 15.9 Å². The van der Waals surface area contributed by atoms with Crippen LogP contribution in [0.5, 0.6) is 0 Å². The van der Waals surface area contributed by atoms with E-state index in [-0.39, 0.29) is 5.84 Å². The molecule has 2 rings (SSSR count). The van der Waals surface area contributed by atoms with Crippen molar-refractivity contribution in [3.63, 3.8) is 0 Å². The fourth-order valence-electron chi connectivity index (χ4n) is 2.36. The van der Waals surface area contributed by atoms with Crippen molar-refractivity contribution in [2.24, 2.45) is 5.73 Å². The number of pyridine rings is 1. The highest BCUT2D eigenvalue weighted by atomic mass is 16.5. The zero-order valence-electron chi connectivity index (χ0n) is 10.7. The summed E-state index contributed by atoms with van der Waals surface area (Å²) < 4.78 is 5.64. The molecule has 0 spiro atoms. The van der Waals surface area contributed by atoms with Crippen molar-refractivity contribution in [1.82, 2.24) is 4.98 Å². The van der Waals surface area contributed by atoms with E-state index < -0.39 is 0 Å². The van der Waals surface area contributed by atoms with E-state index >= 15 is 0 Å². The fraction of sp³-hybridized carbons (Fsp3) is 0.538. The number of nitrogens with zero attached hydrogens (tertiary/aromatic N) is 2. The van der Waals surface area contributed by atoms with E-state index in [9.17, 15) is 0 Å². The van der Waals surface area contributed by atoms with E-state index in [1.807, 2.05) is 19.1 Å². The minimum absolute atomic E-state index is 0.0255. The van der Waals surface area contributed by atoms with Crippen molar-refractivity contribution in [3.8, 4) is 0 Å². The van der Waals surface area contributed by atoms with Crippen LogP contribution in [0.2, 0.25) is 0 Å². The quantitative estimate of drug-likeness (QED) is 0.623. The summed E-state index contributed by atoms with van der Waals surface area (Å²) in [7, 11) is 0. The molecule has 1 aliphatic rings. The van der Waals surface area contributed by atoms with Gasteiger partial charge in [-0.05, 0) is 31.9 Å². The van der Waals surface area contributed by atoms with Gasteiger partial charge in [-0.25, -0.2) is 0 Å². The third kappa shape index (κ3) is 2.79. The molecule has 1 aromatic heterocycles. The Bertz CT molecular complexity index is 413. The van der Waals surface area contributed by atoms with Gasteiger partial charge in [-0.1, -0.05) is 0 Å². The molecule has 0 radical (unpaired) electrons. The Morgan fingerprint density at radius 1 is 1.56 bits per heavy atom. The maximum atomic E-state index is 7.56. The number of hydrogen-bond donors (Lipinski definition) is 2. The normalized spacial score (nSPS) is 16.8. The second kappa shape index (κ2) is 5.82. The molecule has 0 aromatic carbocycles. The number of piperidine rings is 1. The number of amidine groups is 1. The molecule has 0 amide bonds. The van der Waals surface area contributed by atoms with Crippen LogP contribution in [0.25, 0.3) is 0 Å². The molecule has 0 unspecified atom stereocenters. The molecule has 1 fully saturated rings. The number of rotatable bonds is 4. The molecular formula is C13H20N4O. The Balaban J connectivity index is 2.07. The third-order valence-corrected chi connectivity index (χ3v) is 3.23. The van der Waals surface area contributed by atoms with Crippen LogP contribution in [0, 0.1) is 5.41 Å². The van der Waals surface area contributed by atoms with Gasteiger partial charge in [-0.2, -0.15) is 0 Å². The summed E-state index contributed by atoms with van der Waals surface area (Å²) in [6.07, 6.45) is 4.07. The number of ether oxygens (including phenoxy) is 1. The van der Waals surface area contributed by atoms with Crippen molar-refractivity contribution in [2.45, 2.75) is 25.9 Å². The maximum Gasteiger partial charge on any atom is 0.143 e. The molecule has 0 saturated carbocycles. The zero-order valence-corrected chi connectivity index (χ0v) is 10.7. The van der Waals surface area contributed by atoms with E-state index in [0.717, 1.165) is 38.2 Å². The molecule has 1 aromatic rings. The molecule has 5 heteroatoms. The molecular weight excluding hydrogens is 228 g/mol. The van der Waals surface area contributed by atoms with Crippen molar-refractivity contribution in [3.05, 3.63) is 24.0 Å². The van der Waals surface area contributed by atoms with Gasteiger partial charge in [0.2, 0.25) is 0 Å². The van der Waals surface area contributed by atoms with Crippen LogP contribution < -0.4 is 10.6 Å². The molecule has 0 atom stereocenters. The third-order valence-electron chi connectivity index (χ3n) is 3.23. The first kappa shape index (κ1) is 12.8. The van der Waals surface area contributed by atoms with Crippen LogP contribution in [0.15, 0.2) is 18.3 Å². The van der Waals surface area contributed by atoms with Gasteiger partial charge in [-0.15, -0.1) is 0 Å². The van der Waals surface area contributed by atoms with Gasteiger partial charge < -0.3 is 15.4 Å². The first-order valence-electron chi connectivity index (χ1n) is 6.38. The summed E-state index contributed by atoms with van der Waals surface area (Å²) in [5.74, 6) is 0.0255. The second-order valence-corrected chi connectivity index (χ2v) is 4.43. The van der Waals surface area contributed by atoms with Crippen LogP contribution in [-0.4, -0.2) is 36.6 Å². The number of nitrogen functional groups attached to an aromatic ring is 1. The minimum atomic E-state index is 0.0255. The number of anilines is 1. The Kier molecular flexibility index (Phi) is 4.15. The van der Waals surface area contributed by atoms with E-state index in [0.29, 0.717) is 11.8 Å². The van der Waals surface area contributed by atoms with Crippen molar-refractivity contribution in [2.75, 3.05) is 24.6 Å². The standard InChI is InChI=1S/C13H20N4O/c1-2-18-10-5-8-17(9-6-10)11-4-3-7-16-12(11)13(14)15/h3-4,7,10H,2,5-6,8-9H2,1H3,(H3,14,15). The fourth-order valence-corrected chi connectivity index (χ4v) is 2.36. The van der Waals surface area contributed by atoms with Crippen LogP contribution in [0.4, 0.5) is 5.69 Å². The maximum absolute atomic E-state index is 7.56. The second-order valence-electron chi connectivity index (χ2n) is 4.43. The first-order chi connectivity index (χ1) is 8.72. The molecule has 0 bridgehead atoms. The lowest BCUT2D eigenvalue weighted by molar-refractivity contribution is 0.0459. The highest BCUT2D eigenvalue weighted by Crippen LogP contribution is 2.23. The Morgan fingerprint density at radius 2 is 2.28 bits per heavy atom. The molecule has 3 N–H and O–H groups in total. The highest BCUT2D eigenvalue weighted by molar-refractivity contribution is 5.98. The predicted molar refractivity (Wildman–Crippen MR) is 72.1 cm³/mol. The van der Waals surface area contributed by atoms with Gasteiger partial charge in [0.1, 0.15) is 11.5 Å². The smallest absolute Gasteiger partial charge is 0.143 e. The van der Waals surface area contributed by atoms with Crippen LogP contribution in [-0.2, 0) is 4.74 Å². The van der Waals surface area contributed by atoms with Gasteiger partial charge in [0, 0.05) is 25.9 Å². The zero-order chi connectivity index (χ0) is 13.0. The summed E-state index contributed by atoms with van der Waals surface area (Å²) in [5, 5.41) is 7.56. The molecule has 0 aliphatic carbocycles. The average Bonchev–Trinajstić information content (AvgIpc) is 2.40. The Hall–Kier alpha value is -1.62. The number of nitrogens with two attached hydrogens (primary N) is 1. The lowest BCUT2D eigenvalue weighted by atomic mass is 10.1.